The summed E-state index contributed by atoms with van der Waals surface area (Å²) in [5.41, 5.74) is 0.273. The fourth-order valence-electron chi connectivity index (χ4n) is 2.51. The lowest BCUT2D eigenvalue weighted by molar-refractivity contribution is -0.143. The van der Waals surface area contributed by atoms with Gasteiger partial charge in [0, 0.05) is 18.7 Å². The third kappa shape index (κ3) is 3.10. The number of carbonyl (C=O) groups excluding carboxylic acids is 1. The highest BCUT2D eigenvalue weighted by molar-refractivity contribution is 6.31. The number of halogens is 2. The topological polar surface area (TPSA) is 57.6 Å². The third-order valence-electron chi connectivity index (χ3n) is 3.46. The first-order valence-corrected chi connectivity index (χ1v) is 6.73. The van der Waals surface area contributed by atoms with Gasteiger partial charge in [0.1, 0.15) is 5.82 Å². The van der Waals surface area contributed by atoms with Crippen LogP contribution in [0, 0.1) is 17.7 Å². The van der Waals surface area contributed by atoms with E-state index in [-0.39, 0.29) is 29.0 Å². The van der Waals surface area contributed by atoms with Gasteiger partial charge in [0.15, 0.2) is 0 Å². The fourth-order valence-corrected chi connectivity index (χ4v) is 2.69. The minimum atomic E-state index is -0.897. The van der Waals surface area contributed by atoms with Crippen LogP contribution in [0.3, 0.4) is 0 Å². The van der Waals surface area contributed by atoms with E-state index in [0.29, 0.717) is 13.0 Å². The molecule has 0 aliphatic carbocycles. The number of carboxylic acid groups (broad SMARTS) is 1. The Balaban J connectivity index is 2.19. The van der Waals surface area contributed by atoms with E-state index in [1.165, 1.54) is 17.0 Å². The van der Waals surface area contributed by atoms with Crippen LogP contribution in [0.15, 0.2) is 18.2 Å². The Hall–Kier alpha value is -1.62. The molecular weight excluding hydrogens is 285 g/mol. The van der Waals surface area contributed by atoms with E-state index in [1.807, 2.05) is 6.92 Å². The fraction of sp³-hybridized carbons (Fsp3) is 0.429. The summed E-state index contributed by atoms with van der Waals surface area (Å²) in [5, 5.41) is 8.98. The zero-order valence-corrected chi connectivity index (χ0v) is 11.7. The first-order valence-electron chi connectivity index (χ1n) is 6.35. The maximum absolute atomic E-state index is 13.1. The van der Waals surface area contributed by atoms with Crippen LogP contribution < -0.4 is 0 Å². The summed E-state index contributed by atoms with van der Waals surface area (Å²) in [7, 11) is 0. The van der Waals surface area contributed by atoms with Crippen LogP contribution in [0.5, 0.6) is 0 Å². The number of aliphatic carboxylic acids is 1. The Morgan fingerprint density at radius 2 is 2.10 bits per heavy atom. The predicted octanol–water partition coefficient (Wildman–Crippen LogP) is 2.66. The molecule has 2 rings (SSSR count). The largest absolute Gasteiger partial charge is 0.481 e. The van der Waals surface area contributed by atoms with E-state index >= 15 is 0 Å². The lowest BCUT2D eigenvalue weighted by atomic mass is 9.90. The van der Waals surface area contributed by atoms with Crippen molar-refractivity contribution >= 4 is 23.5 Å². The number of piperidine rings is 1. The number of hydrogen-bond donors (Lipinski definition) is 1. The molecule has 1 saturated heterocycles. The van der Waals surface area contributed by atoms with Crippen molar-refractivity contribution in [3.63, 3.8) is 0 Å². The molecule has 0 spiro atoms. The highest BCUT2D eigenvalue weighted by Crippen LogP contribution is 2.24. The molecule has 20 heavy (non-hydrogen) atoms. The van der Waals surface area contributed by atoms with Gasteiger partial charge in [0.05, 0.1) is 10.9 Å². The van der Waals surface area contributed by atoms with Crippen LogP contribution in [-0.2, 0) is 4.79 Å². The molecule has 4 nitrogen and oxygen atoms in total. The molecule has 1 amide bonds. The van der Waals surface area contributed by atoms with Crippen LogP contribution in [0.4, 0.5) is 4.39 Å². The van der Waals surface area contributed by atoms with Gasteiger partial charge in [-0.1, -0.05) is 18.5 Å². The van der Waals surface area contributed by atoms with E-state index in [2.05, 4.69) is 0 Å². The van der Waals surface area contributed by atoms with Crippen molar-refractivity contribution in [2.75, 3.05) is 13.1 Å². The van der Waals surface area contributed by atoms with Crippen LogP contribution in [0.25, 0.3) is 0 Å². The van der Waals surface area contributed by atoms with E-state index in [1.54, 1.807) is 0 Å². The molecule has 2 atom stereocenters. The van der Waals surface area contributed by atoms with Gasteiger partial charge in [-0.3, -0.25) is 9.59 Å². The first-order chi connectivity index (χ1) is 9.38. The van der Waals surface area contributed by atoms with E-state index in [0.717, 1.165) is 6.07 Å². The number of benzene rings is 1. The molecular formula is C14H15ClFNO3. The van der Waals surface area contributed by atoms with Gasteiger partial charge in [-0.05, 0) is 30.5 Å². The number of hydrogen-bond acceptors (Lipinski definition) is 2. The first kappa shape index (κ1) is 14.8. The Kier molecular flexibility index (Phi) is 4.28. The standard InChI is InChI=1S/C14H15ClFNO3/c1-8-4-10(14(19)20)7-17(6-8)13(18)9-2-3-12(16)11(15)5-9/h2-3,5,8,10H,4,6-7H2,1H3,(H,19,20). The molecule has 108 valence electrons. The van der Waals surface area contributed by atoms with Crippen LogP contribution in [0.2, 0.25) is 5.02 Å². The van der Waals surface area contributed by atoms with E-state index < -0.39 is 17.7 Å². The number of carboxylic acids is 1. The summed E-state index contributed by atoms with van der Waals surface area (Å²) in [6.07, 6.45) is 0.559. The maximum atomic E-state index is 13.1. The Bertz CT molecular complexity index is 549. The zero-order valence-electron chi connectivity index (χ0n) is 11.0. The number of amides is 1. The number of carbonyl (C=O) groups is 2. The van der Waals surface area contributed by atoms with Crippen molar-refractivity contribution in [1.82, 2.24) is 4.90 Å². The zero-order chi connectivity index (χ0) is 14.9. The molecule has 6 heteroatoms. The quantitative estimate of drug-likeness (QED) is 0.913. The Labute approximate surface area is 121 Å². The van der Waals surface area contributed by atoms with Gasteiger partial charge < -0.3 is 10.0 Å². The lowest BCUT2D eigenvalue weighted by Gasteiger charge is -2.34. The number of nitrogens with zero attached hydrogens (tertiary/aromatic N) is 1. The van der Waals surface area contributed by atoms with Gasteiger partial charge in [0.25, 0.3) is 5.91 Å². The number of likely N-dealkylation sites (tertiary alicyclic amines) is 1. The average molecular weight is 300 g/mol. The molecule has 1 aliphatic rings. The second-order valence-corrected chi connectivity index (χ2v) is 5.62. The van der Waals surface area contributed by atoms with Crippen molar-refractivity contribution in [2.24, 2.45) is 11.8 Å². The second-order valence-electron chi connectivity index (χ2n) is 5.22. The molecule has 0 bridgehead atoms. The van der Waals surface area contributed by atoms with Gasteiger partial charge in [-0.25, -0.2) is 4.39 Å². The summed E-state index contributed by atoms with van der Waals surface area (Å²) >= 11 is 5.66. The average Bonchev–Trinajstić information content (AvgIpc) is 2.40. The van der Waals surface area contributed by atoms with Gasteiger partial charge >= 0.3 is 5.97 Å². The minimum absolute atomic E-state index is 0.115. The summed E-state index contributed by atoms with van der Waals surface area (Å²) in [4.78, 5) is 24.9. The van der Waals surface area contributed by atoms with Gasteiger partial charge in [-0.2, -0.15) is 0 Å². The van der Waals surface area contributed by atoms with Gasteiger partial charge in [-0.15, -0.1) is 0 Å². The van der Waals surface area contributed by atoms with Crippen LogP contribution >= 0.6 is 11.6 Å². The van der Waals surface area contributed by atoms with Crippen molar-refractivity contribution in [3.8, 4) is 0 Å². The molecule has 1 aromatic carbocycles. The third-order valence-corrected chi connectivity index (χ3v) is 3.75. The highest BCUT2D eigenvalue weighted by atomic mass is 35.5. The summed E-state index contributed by atoms with van der Waals surface area (Å²) < 4.78 is 13.1. The molecule has 1 fully saturated rings. The number of rotatable bonds is 2. The highest BCUT2D eigenvalue weighted by Gasteiger charge is 2.32. The molecule has 0 aromatic heterocycles. The Morgan fingerprint density at radius 1 is 1.40 bits per heavy atom. The van der Waals surface area contributed by atoms with Crippen molar-refractivity contribution in [1.29, 1.82) is 0 Å². The predicted molar refractivity (Wildman–Crippen MR) is 72.2 cm³/mol. The molecule has 1 heterocycles. The monoisotopic (exact) mass is 299 g/mol. The van der Waals surface area contributed by atoms with E-state index in [9.17, 15) is 14.0 Å². The molecule has 0 radical (unpaired) electrons. The molecule has 2 unspecified atom stereocenters. The summed E-state index contributed by atoms with van der Waals surface area (Å²) in [6, 6.07) is 3.77. The Morgan fingerprint density at radius 3 is 2.70 bits per heavy atom. The van der Waals surface area contributed by atoms with Crippen molar-refractivity contribution in [2.45, 2.75) is 13.3 Å². The lowest BCUT2D eigenvalue weighted by Crippen LogP contribution is -2.45. The van der Waals surface area contributed by atoms with Crippen molar-refractivity contribution in [3.05, 3.63) is 34.6 Å². The normalized spacial score (nSPS) is 22.6. The van der Waals surface area contributed by atoms with E-state index in [4.69, 9.17) is 16.7 Å². The second kappa shape index (κ2) is 5.79. The molecule has 1 aromatic rings. The maximum Gasteiger partial charge on any atom is 0.308 e. The molecule has 0 saturated carbocycles. The van der Waals surface area contributed by atoms with Gasteiger partial charge in [0.2, 0.25) is 0 Å². The molecule has 1 aliphatic heterocycles. The van der Waals surface area contributed by atoms with Crippen LogP contribution in [0.1, 0.15) is 23.7 Å². The molecule has 1 N–H and O–H groups in total. The SMILES string of the molecule is CC1CC(C(=O)O)CN(C(=O)c2ccc(F)c(Cl)c2)C1. The van der Waals surface area contributed by atoms with Crippen LogP contribution in [-0.4, -0.2) is 35.0 Å². The van der Waals surface area contributed by atoms with Crippen molar-refractivity contribution < 1.29 is 19.1 Å². The minimum Gasteiger partial charge on any atom is -0.481 e. The summed E-state index contributed by atoms with van der Waals surface area (Å²) in [6.45, 7) is 2.58. The summed E-state index contributed by atoms with van der Waals surface area (Å²) in [5.74, 6) is -2.24. The smallest absolute Gasteiger partial charge is 0.308 e.